The normalized spacial score (nSPS) is 12.2. The highest BCUT2D eigenvalue weighted by Crippen LogP contribution is 2.21. The molecule has 0 saturated heterocycles. The van der Waals surface area contributed by atoms with Crippen LogP contribution in [0.4, 0.5) is 0 Å². The van der Waals surface area contributed by atoms with Crippen LogP contribution in [0.2, 0.25) is 0 Å². The maximum atomic E-state index is 12.3. The number of rotatable bonds is 10. The summed E-state index contributed by atoms with van der Waals surface area (Å²) in [4.78, 5) is 18.3. The Bertz CT molecular complexity index is 791. The number of methoxy groups -OCH3 is 1. The molecule has 0 spiro atoms. The first kappa shape index (κ1) is 23.3. The van der Waals surface area contributed by atoms with E-state index < -0.39 is 0 Å². The van der Waals surface area contributed by atoms with Crippen LogP contribution in [0.1, 0.15) is 36.8 Å². The number of hydrogen-bond acceptors (Lipinski definition) is 3. The maximum Gasteiger partial charge on any atom is 0.224 e. The first-order valence-corrected chi connectivity index (χ1v) is 10.4. The van der Waals surface area contributed by atoms with E-state index in [4.69, 9.17) is 4.74 Å². The van der Waals surface area contributed by atoms with Gasteiger partial charge in [-0.05, 0) is 35.6 Å². The lowest BCUT2D eigenvalue weighted by molar-refractivity contribution is -0.130. The van der Waals surface area contributed by atoms with E-state index in [1.807, 2.05) is 49.5 Å². The van der Waals surface area contributed by atoms with Gasteiger partial charge in [-0.25, -0.2) is 0 Å². The fraction of sp³-hybridized carbons (Fsp3) is 0.417. The molecule has 0 saturated carbocycles. The van der Waals surface area contributed by atoms with Gasteiger partial charge in [-0.15, -0.1) is 0 Å². The van der Waals surface area contributed by atoms with Gasteiger partial charge in [0.15, 0.2) is 5.96 Å². The van der Waals surface area contributed by atoms with Crippen LogP contribution in [-0.4, -0.2) is 51.1 Å². The van der Waals surface area contributed by atoms with Gasteiger partial charge in [-0.3, -0.25) is 9.79 Å². The molecular weight excluding hydrogens is 376 g/mol. The first-order valence-electron chi connectivity index (χ1n) is 10.4. The Labute approximate surface area is 180 Å². The molecule has 0 radical (unpaired) electrons. The molecule has 0 aliphatic heterocycles. The quantitative estimate of drug-likeness (QED) is 0.465. The van der Waals surface area contributed by atoms with Crippen molar-refractivity contribution < 1.29 is 9.53 Å². The first-order chi connectivity index (χ1) is 14.5. The summed E-state index contributed by atoms with van der Waals surface area (Å²) in [5, 5.41) is 6.55. The van der Waals surface area contributed by atoms with Crippen molar-refractivity contribution in [3.8, 4) is 5.75 Å². The zero-order chi connectivity index (χ0) is 21.8. The van der Waals surface area contributed by atoms with Gasteiger partial charge in [-0.1, -0.05) is 49.4 Å². The van der Waals surface area contributed by atoms with Crippen LogP contribution in [0.15, 0.2) is 59.6 Å². The Balaban J connectivity index is 1.67. The number of nitrogens with one attached hydrogen (secondary N) is 2. The van der Waals surface area contributed by atoms with E-state index in [0.29, 0.717) is 25.4 Å². The third-order valence-corrected chi connectivity index (χ3v) is 5.10. The number of carbonyl (C=O) groups is 1. The highest BCUT2D eigenvalue weighted by atomic mass is 16.5. The van der Waals surface area contributed by atoms with Gasteiger partial charge >= 0.3 is 0 Å². The van der Waals surface area contributed by atoms with Crippen molar-refractivity contribution in [1.29, 1.82) is 0 Å². The molecule has 1 amide bonds. The van der Waals surface area contributed by atoms with Crippen molar-refractivity contribution in [2.75, 3.05) is 34.3 Å². The minimum Gasteiger partial charge on any atom is -0.497 e. The van der Waals surface area contributed by atoms with Crippen LogP contribution in [0.5, 0.6) is 5.75 Å². The molecular formula is C24H34N4O2. The van der Waals surface area contributed by atoms with Crippen molar-refractivity contribution in [3.63, 3.8) is 0 Å². The molecule has 0 aromatic heterocycles. The topological polar surface area (TPSA) is 66.0 Å². The smallest absolute Gasteiger partial charge is 0.224 e. The van der Waals surface area contributed by atoms with Crippen LogP contribution < -0.4 is 15.4 Å². The largest absolute Gasteiger partial charge is 0.497 e. The zero-order valence-corrected chi connectivity index (χ0v) is 18.5. The Morgan fingerprint density at radius 3 is 2.37 bits per heavy atom. The number of carbonyl (C=O) groups excluding carboxylic acids is 1. The summed E-state index contributed by atoms with van der Waals surface area (Å²) in [6, 6.07) is 18.2. The fourth-order valence-electron chi connectivity index (χ4n) is 3.15. The summed E-state index contributed by atoms with van der Waals surface area (Å²) < 4.78 is 5.21. The summed E-state index contributed by atoms with van der Waals surface area (Å²) in [7, 11) is 5.25. The molecule has 30 heavy (non-hydrogen) atoms. The SMILES string of the molecule is CN=C(NCCC(=O)N(C)Cc1ccccc1)NCCC(C)c1ccc(OC)cc1. The number of amides is 1. The second-order valence-electron chi connectivity index (χ2n) is 7.37. The molecule has 0 aliphatic rings. The molecule has 1 unspecified atom stereocenters. The Morgan fingerprint density at radius 1 is 1.07 bits per heavy atom. The van der Waals surface area contributed by atoms with E-state index in [2.05, 4.69) is 34.7 Å². The zero-order valence-electron chi connectivity index (χ0n) is 18.5. The van der Waals surface area contributed by atoms with Crippen LogP contribution >= 0.6 is 0 Å². The molecule has 0 bridgehead atoms. The molecule has 2 aromatic carbocycles. The van der Waals surface area contributed by atoms with Crippen LogP contribution in [0, 0.1) is 0 Å². The third kappa shape index (κ3) is 7.78. The molecule has 6 nitrogen and oxygen atoms in total. The predicted octanol–water partition coefficient (Wildman–Crippen LogP) is 3.40. The number of hydrogen-bond donors (Lipinski definition) is 2. The third-order valence-electron chi connectivity index (χ3n) is 5.10. The van der Waals surface area contributed by atoms with Crippen molar-refractivity contribution in [1.82, 2.24) is 15.5 Å². The Morgan fingerprint density at radius 2 is 1.73 bits per heavy atom. The van der Waals surface area contributed by atoms with Crippen LogP contribution in [0.25, 0.3) is 0 Å². The van der Waals surface area contributed by atoms with Gasteiger partial charge in [0.1, 0.15) is 5.75 Å². The number of aliphatic imine (C=N–C) groups is 1. The van der Waals surface area contributed by atoms with E-state index in [-0.39, 0.29) is 5.91 Å². The lowest BCUT2D eigenvalue weighted by Gasteiger charge is -2.18. The second-order valence-corrected chi connectivity index (χ2v) is 7.37. The standard InChI is InChI=1S/C24H34N4O2/c1-19(21-10-12-22(30-4)13-11-21)14-16-26-24(25-2)27-17-15-23(29)28(3)18-20-8-6-5-7-9-20/h5-13,19H,14-18H2,1-4H3,(H2,25,26,27). The monoisotopic (exact) mass is 410 g/mol. The van der Waals surface area contributed by atoms with E-state index in [0.717, 1.165) is 30.2 Å². The average molecular weight is 411 g/mol. The predicted molar refractivity (Wildman–Crippen MR) is 123 cm³/mol. The van der Waals surface area contributed by atoms with Crippen molar-refractivity contribution in [2.24, 2.45) is 4.99 Å². The molecule has 0 fully saturated rings. The number of benzene rings is 2. The van der Waals surface area contributed by atoms with Gasteiger partial charge < -0.3 is 20.3 Å². The van der Waals surface area contributed by atoms with E-state index in [1.54, 1.807) is 19.1 Å². The Hall–Kier alpha value is -3.02. The minimum atomic E-state index is 0.106. The number of ether oxygens (including phenoxy) is 1. The molecule has 2 aromatic rings. The Kier molecular flexibility index (Phi) is 9.71. The highest BCUT2D eigenvalue weighted by Gasteiger charge is 2.10. The van der Waals surface area contributed by atoms with E-state index in [1.165, 1.54) is 5.56 Å². The lowest BCUT2D eigenvalue weighted by Crippen LogP contribution is -2.40. The summed E-state index contributed by atoms with van der Waals surface area (Å²) >= 11 is 0. The molecule has 162 valence electrons. The van der Waals surface area contributed by atoms with Gasteiger partial charge in [0.25, 0.3) is 0 Å². The van der Waals surface area contributed by atoms with Gasteiger partial charge in [-0.2, -0.15) is 0 Å². The van der Waals surface area contributed by atoms with Crippen LogP contribution in [-0.2, 0) is 11.3 Å². The summed E-state index contributed by atoms with van der Waals surface area (Å²) in [5.41, 5.74) is 2.41. The van der Waals surface area contributed by atoms with Crippen LogP contribution in [0.3, 0.4) is 0 Å². The summed E-state index contributed by atoms with van der Waals surface area (Å²) in [6.07, 6.45) is 1.40. The second kappa shape index (κ2) is 12.5. The van der Waals surface area contributed by atoms with E-state index >= 15 is 0 Å². The molecule has 1 atom stereocenters. The summed E-state index contributed by atoms with van der Waals surface area (Å²) in [5.74, 6) is 2.12. The van der Waals surface area contributed by atoms with E-state index in [9.17, 15) is 4.79 Å². The van der Waals surface area contributed by atoms with Gasteiger partial charge in [0.2, 0.25) is 5.91 Å². The molecule has 2 N–H and O–H groups in total. The van der Waals surface area contributed by atoms with Gasteiger partial charge in [0.05, 0.1) is 7.11 Å². The summed E-state index contributed by atoms with van der Waals surface area (Å²) in [6.45, 7) is 4.18. The molecule has 6 heteroatoms. The van der Waals surface area contributed by atoms with Crippen molar-refractivity contribution >= 4 is 11.9 Å². The number of guanidine groups is 1. The minimum absolute atomic E-state index is 0.106. The fourth-order valence-corrected chi connectivity index (χ4v) is 3.15. The van der Waals surface area contributed by atoms with Gasteiger partial charge in [0, 0.05) is 40.2 Å². The van der Waals surface area contributed by atoms with Crippen molar-refractivity contribution in [2.45, 2.75) is 32.2 Å². The molecule has 0 heterocycles. The molecule has 0 aliphatic carbocycles. The lowest BCUT2D eigenvalue weighted by atomic mass is 9.98. The molecule has 2 rings (SSSR count). The maximum absolute atomic E-state index is 12.3. The van der Waals surface area contributed by atoms with Crippen molar-refractivity contribution in [3.05, 3.63) is 65.7 Å². The average Bonchev–Trinajstić information content (AvgIpc) is 2.78. The number of nitrogens with zero attached hydrogens (tertiary/aromatic N) is 2. The highest BCUT2D eigenvalue weighted by molar-refractivity contribution is 5.81.